The third-order valence-corrected chi connectivity index (χ3v) is 2.12. The molecule has 1 aromatic carbocycles. The van der Waals surface area contributed by atoms with E-state index in [1.807, 2.05) is 19.9 Å². The monoisotopic (exact) mass is 197 g/mol. The zero-order valence-corrected chi connectivity index (χ0v) is 8.55. The summed E-state index contributed by atoms with van der Waals surface area (Å²) in [4.78, 5) is 0. The topological polar surface area (TPSA) is 32.3 Å². The second kappa shape index (κ2) is 5.08. The summed E-state index contributed by atoms with van der Waals surface area (Å²) in [6.45, 7) is 4.30. The summed E-state index contributed by atoms with van der Waals surface area (Å²) < 4.78 is 13.2. The van der Waals surface area contributed by atoms with Gasteiger partial charge in [0.15, 0.2) is 0 Å². The maximum Gasteiger partial charge on any atom is 0.127 e. The second-order valence-corrected chi connectivity index (χ2v) is 3.56. The van der Waals surface area contributed by atoms with E-state index in [9.17, 15) is 4.39 Å². The minimum absolute atomic E-state index is 0.00471. The van der Waals surface area contributed by atoms with Crippen LogP contribution in [0, 0.1) is 12.7 Å². The smallest absolute Gasteiger partial charge is 0.127 e. The van der Waals surface area contributed by atoms with E-state index in [4.69, 9.17) is 5.11 Å². The molecule has 0 bridgehead atoms. The van der Waals surface area contributed by atoms with E-state index >= 15 is 0 Å². The van der Waals surface area contributed by atoms with E-state index in [2.05, 4.69) is 5.32 Å². The van der Waals surface area contributed by atoms with Crippen LogP contribution in [0.4, 0.5) is 4.39 Å². The maximum absolute atomic E-state index is 13.2. The van der Waals surface area contributed by atoms with Crippen molar-refractivity contribution < 1.29 is 9.50 Å². The number of hydrogen-bond donors (Lipinski definition) is 2. The number of aliphatic hydroxyl groups is 1. The van der Waals surface area contributed by atoms with Crippen LogP contribution < -0.4 is 5.32 Å². The van der Waals surface area contributed by atoms with Crippen LogP contribution in [-0.4, -0.2) is 17.8 Å². The van der Waals surface area contributed by atoms with E-state index in [1.54, 1.807) is 6.07 Å². The van der Waals surface area contributed by atoms with Crippen molar-refractivity contribution in [3.8, 4) is 0 Å². The number of aryl methyl sites for hydroxylation is 1. The first kappa shape index (κ1) is 11.1. The molecule has 0 aliphatic carbocycles. The molecule has 0 aliphatic rings. The van der Waals surface area contributed by atoms with Gasteiger partial charge in [0.25, 0.3) is 0 Å². The lowest BCUT2D eigenvalue weighted by Gasteiger charge is -2.11. The summed E-state index contributed by atoms with van der Waals surface area (Å²) in [5.74, 6) is -0.201. The summed E-state index contributed by atoms with van der Waals surface area (Å²) in [6.07, 6.45) is 0. The van der Waals surface area contributed by atoms with E-state index < -0.39 is 0 Å². The number of benzene rings is 1. The van der Waals surface area contributed by atoms with Crippen molar-refractivity contribution in [2.75, 3.05) is 6.61 Å². The quantitative estimate of drug-likeness (QED) is 0.768. The van der Waals surface area contributed by atoms with Gasteiger partial charge in [-0.15, -0.1) is 0 Å². The molecule has 0 heterocycles. The summed E-state index contributed by atoms with van der Waals surface area (Å²) in [5, 5.41) is 11.8. The molecule has 0 aliphatic heterocycles. The van der Waals surface area contributed by atoms with Gasteiger partial charge in [0, 0.05) is 18.2 Å². The first-order valence-electron chi connectivity index (χ1n) is 4.72. The average Bonchev–Trinajstić information content (AvgIpc) is 2.19. The second-order valence-electron chi connectivity index (χ2n) is 3.56. The Morgan fingerprint density at radius 3 is 2.86 bits per heavy atom. The third kappa shape index (κ3) is 3.09. The molecule has 3 heteroatoms. The van der Waals surface area contributed by atoms with Crippen molar-refractivity contribution in [3.05, 3.63) is 35.1 Å². The molecule has 2 nitrogen and oxygen atoms in total. The van der Waals surface area contributed by atoms with Crippen molar-refractivity contribution >= 4 is 0 Å². The Morgan fingerprint density at radius 2 is 2.21 bits per heavy atom. The number of halogens is 1. The predicted molar refractivity (Wildman–Crippen MR) is 54.5 cm³/mol. The van der Waals surface area contributed by atoms with Crippen LogP contribution >= 0.6 is 0 Å². The van der Waals surface area contributed by atoms with Gasteiger partial charge in [-0.3, -0.25) is 0 Å². The Hall–Kier alpha value is -0.930. The lowest BCUT2D eigenvalue weighted by atomic mass is 10.1. The molecular formula is C11H16FNO. The Morgan fingerprint density at radius 1 is 1.50 bits per heavy atom. The highest BCUT2D eigenvalue weighted by Crippen LogP contribution is 2.09. The molecule has 0 amide bonds. The van der Waals surface area contributed by atoms with Crippen molar-refractivity contribution in [3.63, 3.8) is 0 Å². The molecular weight excluding hydrogens is 181 g/mol. The highest BCUT2D eigenvalue weighted by molar-refractivity contribution is 5.23. The number of hydrogen-bond acceptors (Lipinski definition) is 2. The third-order valence-electron chi connectivity index (χ3n) is 2.12. The molecule has 0 fully saturated rings. The van der Waals surface area contributed by atoms with E-state index in [0.29, 0.717) is 12.1 Å². The maximum atomic E-state index is 13.2. The van der Waals surface area contributed by atoms with Crippen molar-refractivity contribution in [1.82, 2.24) is 5.32 Å². The van der Waals surface area contributed by atoms with Crippen LogP contribution in [0.3, 0.4) is 0 Å². The molecule has 0 saturated carbocycles. The molecule has 78 valence electrons. The number of aliphatic hydroxyl groups excluding tert-OH is 1. The zero-order valence-electron chi connectivity index (χ0n) is 8.55. The van der Waals surface area contributed by atoms with Gasteiger partial charge in [-0.05, 0) is 19.9 Å². The average molecular weight is 197 g/mol. The van der Waals surface area contributed by atoms with Gasteiger partial charge < -0.3 is 10.4 Å². The van der Waals surface area contributed by atoms with E-state index in [-0.39, 0.29) is 18.5 Å². The molecule has 0 aromatic heterocycles. The van der Waals surface area contributed by atoms with Crippen LogP contribution in [0.15, 0.2) is 18.2 Å². The summed E-state index contributed by atoms with van der Waals surface area (Å²) >= 11 is 0. The molecule has 0 saturated heterocycles. The number of rotatable bonds is 4. The predicted octanol–water partition coefficient (Wildman–Crippen LogP) is 1.60. The van der Waals surface area contributed by atoms with Gasteiger partial charge in [0.05, 0.1) is 6.61 Å². The zero-order chi connectivity index (χ0) is 10.6. The van der Waals surface area contributed by atoms with Crippen LogP contribution in [0.1, 0.15) is 18.1 Å². The molecule has 0 spiro atoms. The van der Waals surface area contributed by atoms with Gasteiger partial charge >= 0.3 is 0 Å². The van der Waals surface area contributed by atoms with Crippen LogP contribution in [0.5, 0.6) is 0 Å². The molecule has 1 rings (SSSR count). The first-order chi connectivity index (χ1) is 6.63. The largest absolute Gasteiger partial charge is 0.395 e. The minimum atomic E-state index is -0.201. The van der Waals surface area contributed by atoms with Crippen molar-refractivity contribution in [1.29, 1.82) is 0 Å². The fourth-order valence-corrected chi connectivity index (χ4v) is 1.19. The van der Waals surface area contributed by atoms with Gasteiger partial charge in [0.2, 0.25) is 0 Å². The highest BCUT2D eigenvalue weighted by Gasteiger charge is 2.04. The minimum Gasteiger partial charge on any atom is -0.395 e. The summed E-state index contributed by atoms with van der Waals surface area (Å²) in [5.41, 5.74) is 1.69. The fourth-order valence-electron chi connectivity index (χ4n) is 1.19. The fraction of sp³-hybridized carbons (Fsp3) is 0.455. The van der Waals surface area contributed by atoms with Gasteiger partial charge in [-0.1, -0.05) is 17.7 Å². The molecule has 1 aromatic rings. The lowest BCUT2D eigenvalue weighted by molar-refractivity contribution is 0.250. The van der Waals surface area contributed by atoms with Gasteiger partial charge in [-0.2, -0.15) is 0 Å². The molecule has 0 radical (unpaired) electrons. The summed E-state index contributed by atoms with van der Waals surface area (Å²) in [7, 11) is 0. The Balaban J connectivity index is 2.62. The SMILES string of the molecule is Cc1ccc(F)c(CNC(C)CO)c1. The Kier molecular flexibility index (Phi) is 4.04. The van der Waals surface area contributed by atoms with Crippen LogP contribution in [0.2, 0.25) is 0 Å². The van der Waals surface area contributed by atoms with E-state index in [0.717, 1.165) is 5.56 Å². The lowest BCUT2D eigenvalue weighted by Crippen LogP contribution is -2.29. The van der Waals surface area contributed by atoms with Crippen LogP contribution in [-0.2, 0) is 6.54 Å². The molecule has 14 heavy (non-hydrogen) atoms. The molecule has 2 N–H and O–H groups in total. The molecule has 1 atom stereocenters. The van der Waals surface area contributed by atoms with E-state index in [1.165, 1.54) is 6.07 Å². The standard InChI is InChI=1S/C11H16FNO/c1-8-3-4-11(12)10(5-8)6-13-9(2)7-14/h3-5,9,13-14H,6-7H2,1-2H3. The van der Waals surface area contributed by atoms with Gasteiger partial charge in [-0.25, -0.2) is 4.39 Å². The Labute approximate surface area is 83.8 Å². The van der Waals surface area contributed by atoms with Crippen molar-refractivity contribution in [2.45, 2.75) is 26.4 Å². The molecule has 1 unspecified atom stereocenters. The normalized spacial score (nSPS) is 12.9. The number of nitrogens with one attached hydrogen (secondary N) is 1. The Bertz CT molecular complexity index is 301. The highest BCUT2D eigenvalue weighted by atomic mass is 19.1. The first-order valence-corrected chi connectivity index (χ1v) is 4.72. The van der Waals surface area contributed by atoms with Gasteiger partial charge in [0.1, 0.15) is 5.82 Å². The summed E-state index contributed by atoms with van der Waals surface area (Å²) in [6, 6.07) is 5.02. The van der Waals surface area contributed by atoms with Crippen molar-refractivity contribution in [2.24, 2.45) is 0 Å². The van der Waals surface area contributed by atoms with Crippen LogP contribution in [0.25, 0.3) is 0 Å².